The van der Waals surface area contributed by atoms with E-state index in [1.165, 1.54) is 0 Å². The van der Waals surface area contributed by atoms with Crippen LogP contribution in [0.2, 0.25) is 0 Å². The summed E-state index contributed by atoms with van der Waals surface area (Å²) in [5, 5.41) is 0. The topological polar surface area (TPSA) is 79.4 Å². The second-order valence-electron chi connectivity index (χ2n) is 9.10. The van der Waals surface area contributed by atoms with Crippen molar-refractivity contribution in [1.82, 2.24) is 9.80 Å². The van der Waals surface area contributed by atoms with Crippen LogP contribution in [-0.4, -0.2) is 65.5 Å². The second kappa shape index (κ2) is 8.66. The van der Waals surface area contributed by atoms with Gasteiger partial charge in [-0.15, -0.1) is 0 Å². The Balaban J connectivity index is 1.28. The Morgan fingerprint density at radius 1 is 1.12 bits per heavy atom. The number of fused-ring (bicyclic) bond motifs is 4. The minimum atomic E-state index is -0.760. The molecule has 0 aliphatic carbocycles. The molecule has 0 N–H and O–H groups in total. The van der Waals surface area contributed by atoms with E-state index in [1.54, 1.807) is 26.8 Å². The van der Waals surface area contributed by atoms with Gasteiger partial charge in [0.05, 0.1) is 17.8 Å². The maximum Gasteiger partial charge on any atom is 0.257 e. The molecule has 0 aromatic heterocycles. The van der Waals surface area contributed by atoms with Gasteiger partial charge in [0, 0.05) is 25.9 Å². The molecule has 0 spiro atoms. The lowest BCUT2D eigenvalue weighted by molar-refractivity contribution is -0.133. The molecule has 1 saturated heterocycles. The van der Waals surface area contributed by atoms with E-state index in [1.807, 2.05) is 50.2 Å². The molecule has 3 aliphatic rings. The van der Waals surface area contributed by atoms with Gasteiger partial charge >= 0.3 is 0 Å². The summed E-state index contributed by atoms with van der Waals surface area (Å²) in [6.07, 6.45) is 0.834. The largest absolute Gasteiger partial charge is 0.486 e. The Morgan fingerprint density at radius 2 is 1.85 bits per heavy atom. The molecule has 1 fully saturated rings. The van der Waals surface area contributed by atoms with Crippen LogP contribution in [0, 0.1) is 0 Å². The highest BCUT2D eigenvalue weighted by atomic mass is 16.6. The summed E-state index contributed by atoms with van der Waals surface area (Å²) in [4.78, 5) is 44.4. The molecule has 0 saturated carbocycles. The smallest absolute Gasteiger partial charge is 0.257 e. The molecule has 3 aliphatic heterocycles. The molecule has 8 nitrogen and oxygen atoms in total. The van der Waals surface area contributed by atoms with Crippen LogP contribution in [-0.2, 0) is 9.59 Å². The van der Waals surface area contributed by atoms with Crippen LogP contribution >= 0.6 is 0 Å². The summed E-state index contributed by atoms with van der Waals surface area (Å²) in [5.41, 5.74) is 0.399. The summed E-state index contributed by atoms with van der Waals surface area (Å²) in [6.45, 7) is 5.39. The fraction of sp³-hybridized carbons (Fsp3) is 0.423. The monoisotopic (exact) mass is 463 g/mol. The molecule has 2 aromatic carbocycles. The summed E-state index contributed by atoms with van der Waals surface area (Å²) in [7, 11) is 0. The van der Waals surface area contributed by atoms with Crippen molar-refractivity contribution in [2.75, 3.05) is 31.1 Å². The van der Waals surface area contributed by atoms with E-state index in [0.29, 0.717) is 55.3 Å². The lowest BCUT2D eigenvalue weighted by atomic mass is 9.98. The van der Waals surface area contributed by atoms with Crippen LogP contribution in [0.4, 0.5) is 5.69 Å². The fourth-order valence-corrected chi connectivity index (χ4v) is 5.21. The number of ether oxygens (including phenoxy) is 2. The first-order valence-corrected chi connectivity index (χ1v) is 11.8. The highest BCUT2D eigenvalue weighted by Gasteiger charge is 2.52. The number of hydrogen-bond donors (Lipinski definition) is 0. The zero-order chi connectivity index (χ0) is 23.9. The van der Waals surface area contributed by atoms with E-state index in [4.69, 9.17) is 9.47 Å². The van der Waals surface area contributed by atoms with Gasteiger partial charge in [-0.05, 0) is 44.5 Å². The molecule has 5 rings (SSSR count). The van der Waals surface area contributed by atoms with Crippen molar-refractivity contribution in [3.63, 3.8) is 0 Å². The molecular formula is C26H29N3O5. The zero-order valence-corrected chi connectivity index (χ0v) is 19.5. The van der Waals surface area contributed by atoms with E-state index in [9.17, 15) is 14.4 Å². The van der Waals surface area contributed by atoms with Gasteiger partial charge in [-0.3, -0.25) is 19.3 Å². The maximum atomic E-state index is 13.4. The lowest BCUT2D eigenvalue weighted by Crippen LogP contribution is -2.62. The van der Waals surface area contributed by atoms with Gasteiger partial charge in [-0.1, -0.05) is 24.3 Å². The van der Waals surface area contributed by atoms with Gasteiger partial charge < -0.3 is 19.3 Å². The SMILES string of the molecule is CCN(CC1COc2ccccc2O1)C(=O)CCN1C(=O)c2ccccc2N2C(=O)CCC12C. The van der Waals surface area contributed by atoms with Crippen molar-refractivity contribution in [2.45, 2.75) is 44.9 Å². The van der Waals surface area contributed by atoms with Crippen LogP contribution in [0.1, 0.15) is 43.5 Å². The van der Waals surface area contributed by atoms with Crippen molar-refractivity contribution in [3.05, 3.63) is 54.1 Å². The Bertz CT molecular complexity index is 1130. The van der Waals surface area contributed by atoms with E-state index >= 15 is 0 Å². The normalized spacial score (nSPS) is 22.9. The van der Waals surface area contributed by atoms with Gasteiger partial charge in [0.25, 0.3) is 5.91 Å². The molecule has 34 heavy (non-hydrogen) atoms. The highest BCUT2D eigenvalue weighted by molar-refractivity contribution is 6.10. The van der Waals surface area contributed by atoms with Gasteiger partial charge in [0.2, 0.25) is 11.8 Å². The minimum absolute atomic E-state index is 0.00342. The van der Waals surface area contributed by atoms with Crippen molar-refractivity contribution in [1.29, 1.82) is 0 Å². The Kier molecular flexibility index (Phi) is 5.67. The first-order chi connectivity index (χ1) is 16.4. The molecule has 178 valence electrons. The van der Waals surface area contributed by atoms with Crippen molar-refractivity contribution in [3.8, 4) is 11.5 Å². The number of carbonyl (C=O) groups is 3. The average molecular weight is 464 g/mol. The van der Waals surface area contributed by atoms with Crippen molar-refractivity contribution in [2.24, 2.45) is 0 Å². The van der Waals surface area contributed by atoms with Crippen LogP contribution in [0.15, 0.2) is 48.5 Å². The van der Waals surface area contributed by atoms with E-state index < -0.39 is 5.66 Å². The first-order valence-electron chi connectivity index (χ1n) is 11.8. The van der Waals surface area contributed by atoms with Crippen LogP contribution in [0.25, 0.3) is 0 Å². The average Bonchev–Trinajstić information content (AvgIpc) is 3.17. The second-order valence-corrected chi connectivity index (χ2v) is 9.10. The number of para-hydroxylation sites is 3. The predicted octanol–water partition coefficient (Wildman–Crippen LogP) is 3.06. The third-order valence-electron chi connectivity index (χ3n) is 7.02. The standard InChI is InChI=1S/C26H29N3O5/c1-3-27(16-18-17-33-21-10-6-7-11-22(21)34-18)23(30)13-15-28-25(32)19-8-4-5-9-20(19)29-24(31)12-14-26(28,29)2/h4-11,18H,3,12-17H2,1-2H3. The summed E-state index contributed by atoms with van der Waals surface area (Å²) in [5.74, 6) is 1.19. The molecule has 3 heterocycles. The lowest BCUT2D eigenvalue weighted by Gasteiger charge is -2.48. The number of hydrogen-bond acceptors (Lipinski definition) is 5. The van der Waals surface area contributed by atoms with Gasteiger partial charge in [-0.25, -0.2) is 0 Å². The minimum Gasteiger partial charge on any atom is -0.486 e. The first kappa shape index (κ1) is 22.3. The quantitative estimate of drug-likeness (QED) is 0.658. The van der Waals surface area contributed by atoms with Crippen molar-refractivity contribution < 1.29 is 23.9 Å². The van der Waals surface area contributed by atoms with Crippen LogP contribution < -0.4 is 14.4 Å². The number of rotatable bonds is 6. The number of nitrogens with zero attached hydrogens (tertiary/aromatic N) is 3. The number of benzene rings is 2. The fourth-order valence-electron chi connectivity index (χ4n) is 5.21. The van der Waals surface area contributed by atoms with E-state index in [-0.39, 0.29) is 36.8 Å². The molecule has 0 radical (unpaired) electrons. The zero-order valence-electron chi connectivity index (χ0n) is 19.5. The molecule has 2 unspecified atom stereocenters. The predicted molar refractivity (Wildman–Crippen MR) is 126 cm³/mol. The molecule has 3 amide bonds. The molecular weight excluding hydrogens is 434 g/mol. The maximum absolute atomic E-state index is 13.4. The van der Waals surface area contributed by atoms with E-state index in [2.05, 4.69) is 0 Å². The molecule has 0 bridgehead atoms. The van der Waals surface area contributed by atoms with E-state index in [0.717, 1.165) is 0 Å². The highest BCUT2D eigenvalue weighted by Crippen LogP contribution is 2.44. The Morgan fingerprint density at radius 3 is 2.65 bits per heavy atom. The number of likely N-dealkylation sites (N-methyl/N-ethyl adjacent to an activating group) is 1. The third-order valence-corrected chi connectivity index (χ3v) is 7.02. The summed E-state index contributed by atoms with van der Waals surface area (Å²) in [6, 6.07) is 14.7. The Labute approximate surface area is 199 Å². The summed E-state index contributed by atoms with van der Waals surface area (Å²) < 4.78 is 11.8. The molecule has 2 atom stereocenters. The molecule has 2 aromatic rings. The van der Waals surface area contributed by atoms with Gasteiger partial charge in [0.1, 0.15) is 12.3 Å². The third kappa shape index (κ3) is 3.67. The molecule has 8 heteroatoms. The summed E-state index contributed by atoms with van der Waals surface area (Å²) >= 11 is 0. The Hall–Kier alpha value is -3.55. The van der Waals surface area contributed by atoms with Gasteiger partial charge in [0.15, 0.2) is 17.6 Å². The number of carbonyl (C=O) groups excluding carboxylic acids is 3. The number of anilines is 1. The number of amides is 3. The van der Waals surface area contributed by atoms with Crippen molar-refractivity contribution >= 4 is 23.4 Å². The van der Waals surface area contributed by atoms with Crippen LogP contribution in [0.5, 0.6) is 11.5 Å². The van der Waals surface area contributed by atoms with Crippen LogP contribution in [0.3, 0.4) is 0 Å². The van der Waals surface area contributed by atoms with Gasteiger partial charge in [-0.2, -0.15) is 0 Å².